The van der Waals surface area contributed by atoms with Gasteiger partial charge in [-0.2, -0.15) is 0 Å². The lowest BCUT2D eigenvalue weighted by atomic mass is 9.49. The Balaban J connectivity index is 1.36. The number of allylic oxidation sites excluding steroid dienone is 2. The molecule has 12 atom stereocenters. The van der Waals surface area contributed by atoms with E-state index in [0.29, 0.717) is 6.42 Å². The van der Waals surface area contributed by atoms with Crippen LogP contribution in [0.25, 0.3) is 0 Å². The number of hydrogen-bond acceptors (Lipinski definition) is 12. The lowest BCUT2D eigenvalue weighted by Crippen LogP contribution is -2.64. The molecule has 12 heteroatoms. The van der Waals surface area contributed by atoms with E-state index < -0.39 is 73.3 Å². The highest BCUT2D eigenvalue weighted by Gasteiger charge is 2.58. The molecule has 43 heavy (non-hydrogen) atoms. The Labute approximate surface area is 251 Å². The van der Waals surface area contributed by atoms with Gasteiger partial charge in [0.05, 0.1) is 31.2 Å². The average Bonchev–Trinajstić information content (AvgIpc) is 3.50. The molecule has 242 valence electrons. The second kappa shape index (κ2) is 12.9. The van der Waals surface area contributed by atoms with Gasteiger partial charge in [-0.3, -0.25) is 4.79 Å². The van der Waals surface area contributed by atoms with Crippen LogP contribution in [0.4, 0.5) is 0 Å². The number of hydrogen-bond donors (Lipinski definition) is 6. The molecular weight excluding hydrogens is 564 g/mol. The molecule has 12 nitrogen and oxygen atoms in total. The highest BCUT2D eigenvalue weighted by Crippen LogP contribution is 2.61. The van der Waals surface area contributed by atoms with Gasteiger partial charge in [0.1, 0.15) is 36.6 Å². The third-order valence-electron chi connectivity index (χ3n) is 10.4. The second-order valence-corrected chi connectivity index (χ2v) is 13.1. The van der Waals surface area contributed by atoms with E-state index in [2.05, 4.69) is 13.8 Å². The molecule has 6 N–H and O–H groups in total. The number of aliphatic hydroxyl groups is 6. The maximum absolute atomic E-state index is 14.2. The first kappa shape index (κ1) is 32.5. The van der Waals surface area contributed by atoms with Crippen molar-refractivity contribution in [1.82, 2.24) is 0 Å². The zero-order valence-electron chi connectivity index (χ0n) is 25.0. The number of ether oxygens (including phenoxy) is 4. The van der Waals surface area contributed by atoms with Gasteiger partial charge in [0, 0.05) is 0 Å². The van der Waals surface area contributed by atoms with Crippen LogP contribution in [0.5, 0.6) is 0 Å². The molecular formula is C31H46O12. The van der Waals surface area contributed by atoms with Crippen LogP contribution in [0.2, 0.25) is 0 Å². The van der Waals surface area contributed by atoms with Gasteiger partial charge in [0.25, 0.3) is 0 Å². The molecule has 3 fully saturated rings. The van der Waals surface area contributed by atoms with E-state index in [1.807, 2.05) is 13.0 Å². The average molecular weight is 611 g/mol. The molecule has 0 radical (unpaired) electrons. The molecule has 1 aromatic rings. The van der Waals surface area contributed by atoms with Gasteiger partial charge >= 0.3 is 5.97 Å². The van der Waals surface area contributed by atoms with Crippen molar-refractivity contribution in [1.29, 1.82) is 0 Å². The van der Waals surface area contributed by atoms with E-state index >= 15 is 0 Å². The lowest BCUT2D eigenvalue weighted by Gasteiger charge is -2.55. The third kappa shape index (κ3) is 6.06. The summed E-state index contributed by atoms with van der Waals surface area (Å²) in [6, 6.07) is 1.97. The van der Waals surface area contributed by atoms with Crippen molar-refractivity contribution >= 4 is 5.97 Å². The summed E-state index contributed by atoms with van der Waals surface area (Å²) in [5, 5.41) is 61.6. The van der Waals surface area contributed by atoms with Gasteiger partial charge < -0.3 is 54.0 Å². The monoisotopic (exact) mass is 610 g/mol. The molecule has 3 heterocycles. The van der Waals surface area contributed by atoms with Crippen LogP contribution in [0.15, 0.2) is 34.2 Å². The Morgan fingerprint density at radius 3 is 2.49 bits per heavy atom. The zero-order valence-corrected chi connectivity index (χ0v) is 25.0. The molecule has 0 amide bonds. The van der Waals surface area contributed by atoms with Crippen molar-refractivity contribution in [3.8, 4) is 0 Å². The maximum atomic E-state index is 14.2. The summed E-state index contributed by atoms with van der Waals surface area (Å²) in [5.74, 6) is -0.576. The minimum atomic E-state index is -1.69. The largest absolute Gasteiger partial charge is 0.472 e. The number of furan rings is 1. The molecule has 12 unspecified atom stereocenters. The van der Waals surface area contributed by atoms with Crippen LogP contribution in [-0.4, -0.2) is 105 Å². The third-order valence-corrected chi connectivity index (χ3v) is 10.4. The molecule has 0 bridgehead atoms. The van der Waals surface area contributed by atoms with Gasteiger partial charge in [0.2, 0.25) is 6.29 Å². The smallest absolute Gasteiger partial charge is 0.314 e. The summed E-state index contributed by atoms with van der Waals surface area (Å²) in [6.07, 6.45) is -4.66. The molecule has 1 saturated carbocycles. The van der Waals surface area contributed by atoms with Gasteiger partial charge in [-0.05, 0) is 75.3 Å². The fourth-order valence-electron chi connectivity index (χ4n) is 7.91. The van der Waals surface area contributed by atoms with E-state index in [0.717, 1.165) is 44.1 Å². The first-order valence-electron chi connectivity index (χ1n) is 15.3. The SMILES string of the molecule is CC1=C(CCc2ccoc2)C2(C)CCCC(C)(C(=O)OC3OC(CO)C(O)C(O)C3OC3OCC(O)C(O)C3O)C2CC1. The van der Waals surface area contributed by atoms with Gasteiger partial charge in [-0.15, -0.1) is 0 Å². The standard InChI is InChI=1S/C31H46O12/c1-16-5-8-21-30(2,18(16)7-6-17-9-12-39-14-17)10-4-11-31(21,3)29(38)43-28-26(24(36)23(35)20(13-32)41-28)42-27-25(37)22(34)19(33)15-40-27/h9,12,14,19-28,32-37H,4-8,10-11,13,15H2,1-3H3. The lowest BCUT2D eigenvalue weighted by molar-refractivity contribution is -0.352. The van der Waals surface area contributed by atoms with E-state index in [1.54, 1.807) is 12.5 Å². The van der Waals surface area contributed by atoms with Crippen LogP contribution >= 0.6 is 0 Å². The summed E-state index contributed by atoms with van der Waals surface area (Å²) in [5.41, 5.74) is 2.70. The van der Waals surface area contributed by atoms with Crippen molar-refractivity contribution in [3.05, 3.63) is 35.3 Å². The first-order valence-corrected chi connectivity index (χ1v) is 15.3. The van der Waals surface area contributed by atoms with E-state index in [4.69, 9.17) is 23.4 Å². The number of carbonyl (C=O) groups excluding carboxylic acids is 1. The van der Waals surface area contributed by atoms with Crippen LogP contribution in [0.1, 0.15) is 64.9 Å². The van der Waals surface area contributed by atoms with Crippen LogP contribution in [0, 0.1) is 16.7 Å². The Morgan fingerprint density at radius 2 is 1.79 bits per heavy atom. The molecule has 0 aromatic carbocycles. The normalized spacial score (nSPS) is 43.7. The summed E-state index contributed by atoms with van der Waals surface area (Å²) in [6.45, 7) is 5.31. The Hall–Kier alpha value is -1.87. The predicted molar refractivity (Wildman–Crippen MR) is 149 cm³/mol. The minimum absolute atomic E-state index is 0.0310. The number of rotatable bonds is 8. The minimum Gasteiger partial charge on any atom is -0.472 e. The predicted octanol–water partition coefficient (Wildman–Crippen LogP) is 0.942. The van der Waals surface area contributed by atoms with Gasteiger partial charge in [-0.25, -0.2) is 0 Å². The van der Waals surface area contributed by atoms with Crippen LogP contribution < -0.4 is 0 Å². The van der Waals surface area contributed by atoms with Crippen molar-refractivity contribution in [2.45, 2.75) is 121 Å². The first-order chi connectivity index (χ1) is 20.4. The van der Waals surface area contributed by atoms with Crippen molar-refractivity contribution < 1.29 is 58.8 Å². The van der Waals surface area contributed by atoms with Gasteiger partial charge in [-0.1, -0.05) is 24.5 Å². The van der Waals surface area contributed by atoms with Crippen molar-refractivity contribution in [3.63, 3.8) is 0 Å². The Kier molecular flexibility index (Phi) is 9.72. The molecule has 5 rings (SSSR count). The molecule has 4 aliphatic rings. The molecule has 2 saturated heterocycles. The fraction of sp³-hybridized carbons (Fsp3) is 0.774. The Bertz CT molecular complexity index is 1140. The fourth-order valence-corrected chi connectivity index (χ4v) is 7.91. The number of aryl methyl sites for hydroxylation is 1. The summed E-state index contributed by atoms with van der Waals surface area (Å²) in [7, 11) is 0. The van der Waals surface area contributed by atoms with Crippen LogP contribution in [-0.2, 0) is 30.2 Å². The summed E-state index contributed by atoms with van der Waals surface area (Å²) < 4.78 is 28.0. The van der Waals surface area contributed by atoms with E-state index in [1.165, 1.54) is 11.1 Å². The number of carbonyl (C=O) groups is 1. The summed E-state index contributed by atoms with van der Waals surface area (Å²) >= 11 is 0. The van der Waals surface area contributed by atoms with Gasteiger partial charge in [0.15, 0.2) is 12.4 Å². The number of fused-ring (bicyclic) bond motifs is 1. The quantitative estimate of drug-likeness (QED) is 0.181. The van der Waals surface area contributed by atoms with Crippen LogP contribution in [0.3, 0.4) is 0 Å². The molecule has 2 aliphatic carbocycles. The van der Waals surface area contributed by atoms with Crippen molar-refractivity contribution in [2.24, 2.45) is 16.7 Å². The molecule has 0 spiro atoms. The van der Waals surface area contributed by atoms with E-state index in [-0.39, 0.29) is 17.9 Å². The molecule has 1 aromatic heterocycles. The highest BCUT2D eigenvalue weighted by atomic mass is 16.8. The Morgan fingerprint density at radius 1 is 1.02 bits per heavy atom. The van der Waals surface area contributed by atoms with E-state index in [9.17, 15) is 35.4 Å². The summed E-state index contributed by atoms with van der Waals surface area (Å²) in [4.78, 5) is 14.2. The second-order valence-electron chi connectivity index (χ2n) is 13.1. The number of esters is 1. The maximum Gasteiger partial charge on any atom is 0.314 e. The zero-order chi connectivity index (χ0) is 31.1. The number of aliphatic hydroxyl groups excluding tert-OH is 6. The highest BCUT2D eigenvalue weighted by molar-refractivity contribution is 5.77. The topological polar surface area (TPSA) is 189 Å². The van der Waals surface area contributed by atoms with Crippen molar-refractivity contribution in [2.75, 3.05) is 13.2 Å². The molecule has 2 aliphatic heterocycles.